The Balaban J connectivity index is 1.44. The van der Waals surface area contributed by atoms with Gasteiger partial charge in [-0.2, -0.15) is 13.2 Å². The maximum Gasteiger partial charge on any atom is 0.416 e. The first-order chi connectivity index (χ1) is 12.9. The fourth-order valence-electron chi connectivity index (χ4n) is 3.95. The Morgan fingerprint density at radius 3 is 2.37 bits per heavy atom. The minimum Gasteiger partial charge on any atom is -0.338 e. The van der Waals surface area contributed by atoms with Crippen LogP contribution in [0.1, 0.15) is 35.4 Å². The number of halogens is 3. The summed E-state index contributed by atoms with van der Waals surface area (Å²) in [5.41, 5.74) is 2.16. The first-order valence-corrected chi connectivity index (χ1v) is 9.04. The number of benzene rings is 2. The molecule has 0 N–H and O–H groups in total. The van der Waals surface area contributed by atoms with Crippen LogP contribution >= 0.6 is 0 Å². The molecule has 0 bridgehead atoms. The average molecular weight is 372 g/mol. The third-order valence-electron chi connectivity index (χ3n) is 5.34. The molecule has 2 aliphatic rings. The van der Waals surface area contributed by atoms with Crippen molar-refractivity contribution in [1.29, 1.82) is 0 Å². The van der Waals surface area contributed by atoms with Crippen LogP contribution in [0.5, 0.6) is 0 Å². The molecular formula is C21H19F3N2O. The van der Waals surface area contributed by atoms with E-state index in [1.165, 1.54) is 6.07 Å². The number of likely N-dealkylation sites (tertiary alicyclic amines) is 1. The van der Waals surface area contributed by atoms with Crippen molar-refractivity contribution in [3.63, 3.8) is 0 Å². The molecule has 1 fully saturated rings. The van der Waals surface area contributed by atoms with Crippen LogP contribution in [0.25, 0.3) is 0 Å². The minimum absolute atomic E-state index is 0.103. The van der Waals surface area contributed by atoms with E-state index in [-0.39, 0.29) is 11.8 Å². The van der Waals surface area contributed by atoms with E-state index in [1.807, 2.05) is 24.3 Å². The standard InChI is InChI=1S/C21H19F3N2O/c22-21(23,24)17-7-3-2-6-16(17)14-9-11-26(12-10-14)20(27)19-13-15-5-1-4-8-18(15)25-19/h1-8,14H,9-13H2. The highest BCUT2D eigenvalue weighted by molar-refractivity contribution is 6.40. The number of fused-ring (bicyclic) bond motifs is 1. The van der Waals surface area contributed by atoms with Crippen LogP contribution in [0.2, 0.25) is 0 Å². The van der Waals surface area contributed by atoms with E-state index in [4.69, 9.17) is 0 Å². The van der Waals surface area contributed by atoms with Gasteiger partial charge in [0.15, 0.2) is 0 Å². The van der Waals surface area contributed by atoms with Crippen LogP contribution in [-0.2, 0) is 17.4 Å². The van der Waals surface area contributed by atoms with Crippen molar-refractivity contribution in [2.45, 2.75) is 31.4 Å². The topological polar surface area (TPSA) is 32.7 Å². The lowest BCUT2D eigenvalue weighted by Gasteiger charge is -2.33. The average Bonchev–Trinajstić information content (AvgIpc) is 3.11. The van der Waals surface area contributed by atoms with Crippen molar-refractivity contribution >= 4 is 17.3 Å². The van der Waals surface area contributed by atoms with Gasteiger partial charge in [0.25, 0.3) is 5.91 Å². The number of rotatable bonds is 2. The van der Waals surface area contributed by atoms with Gasteiger partial charge < -0.3 is 4.90 Å². The number of carbonyl (C=O) groups is 1. The predicted octanol–water partition coefficient (Wildman–Crippen LogP) is 4.74. The Bertz CT molecular complexity index is 896. The number of amides is 1. The number of nitrogens with zero attached hydrogens (tertiary/aromatic N) is 2. The number of aliphatic imine (C=N–C) groups is 1. The van der Waals surface area contributed by atoms with Crippen molar-refractivity contribution in [1.82, 2.24) is 4.90 Å². The Morgan fingerprint density at radius 2 is 1.67 bits per heavy atom. The van der Waals surface area contributed by atoms with Crippen LogP contribution in [0.4, 0.5) is 18.9 Å². The first-order valence-electron chi connectivity index (χ1n) is 9.04. The summed E-state index contributed by atoms with van der Waals surface area (Å²) in [5.74, 6) is -0.289. The Morgan fingerprint density at radius 1 is 1.00 bits per heavy atom. The second kappa shape index (κ2) is 6.83. The van der Waals surface area contributed by atoms with Crippen LogP contribution in [0, 0.1) is 0 Å². The summed E-state index contributed by atoms with van der Waals surface area (Å²) in [6.07, 6.45) is -2.78. The van der Waals surface area contributed by atoms with Crippen LogP contribution in [0.15, 0.2) is 53.5 Å². The third kappa shape index (κ3) is 3.48. The molecule has 6 heteroatoms. The van der Waals surface area contributed by atoms with Crippen LogP contribution in [0.3, 0.4) is 0 Å². The fraction of sp³-hybridized carbons (Fsp3) is 0.333. The third-order valence-corrected chi connectivity index (χ3v) is 5.34. The van der Waals surface area contributed by atoms with Gasteiger partial charge in [-0.15, -0.1) is 0 Å². The number of piperidine rings is 1. The lowest BCUT2D eigenvalue weighted by atomic mass is 9.86. The van der Waals surface area contributed by atoms with E-state index in [9.17, 15) is 18.0 Å². The quantitative estimate of drug-likeness (QED) is 0.749. The summed E-state index contributed by atoms with van der Waals surface area (Å²) in [7, 11) is 0. The van der Waals surface area contributed by atoms with Gasteiger partial charge in [-0.05, 0) is 42.0 Å². The second-order valence-electron chi connectivity index (χ2n) is 7.02. The Kier molecular flexibility index (Phi) is 4.50. The molecule has 0 aliphatic carbocycles. The highest BCUT2D eigenvalue weighted by Gasteiger charge is 2.36. The molecule has 4 rings (SSSR count). The SMILES string of the molecule is O=C(C1=Nc2ccccc2C1)N1CCC(c2ccccc2C(F)(F)F)CC1. The Hall–Kier alpha value is -2.63. The maximum atomic E-state index is 13.3. The summed E-state index contributed by atoms with van der Waals surface area (Å²) in [6, 6.07) is 13.4. The number of hydrogen-bond donors (Lipinski definition) is 0. The molecule has 2 aromatic carbocycles. The van der Waals surface area contributed by atoms with E-state index in [1.54, 1.807) is 17.0 Å². The summed E-state index contributed by atoms with van der Waals surface area (Å²) >= 11 is 0. The molecule has 0 saturated carbocycles. The molecular weight excluding hydrogens is 353 g/mol. The van der Waals surface area contributed by atoms with E-state index in [0.717, 1.165) is 17.3 Å². The number of para-hydroxylation sites is 1. The number of carbonyl (C=O) groups excluding carboxylic acids is 1. The highest BCUT2D eigenvalue weighted by Crippen LogP contribution is 2.38. The molecule has 27 heavy (non-hydrogen) atoms. The molecule has 140 valence electrons. The van der Waals surface area contributed by atoms with Crippen LogP contribution < -0.4 is 0 Å². The fourth-order valence-corrected chi connectivity index (χ4v) is 3.95. The smallest absolute Gasteiger partial charge is 0.338 e. The van der Waals surface area contributed by atoms with Gasteiger partial charge in [-0.25, -0.2) is 4.99 Å². The monoisotopic (exact) mass is 372 g/mol. The minimum atomic E-state index is -4.35. The molecule has 1 amide bonds. The molecule has 2 heterocycles. The number of alkyl halides is 3. The first kappa shape index (κ1) is 17.8. The van der Waals surface area contributed by atoms with E-state index >= 15 is 0 Å². The van der Waals surface area contributed by atoms with Gasteiger partial charge in [0.1, 0.15) is 5.71 Å². The van der Waals surface area contributed by atoms with E-state index < -0.39 is 11.7 Å². The van der Waals surface area contributed by atoms with Gasteiger partial charge >= 0.3 is 6.18 Å². The molecule has 0 radical (unpaired) electrons. The molecule has 2 aliphatic heterocycles. The second-order valence-corrected chi connectivity index (χ2v) is 7.02. The molecule has 2 aromatic rings. The van der Waals surface area contributed by atoms with E-state index in [0.29, 0.717) is 43.6 Å². The molecule has 0 unspecified atom stereocenters. The lowest BCUT2D eigenvalue weighted by Crippen LogP contribution is -2.42. The maximum absolute atomic E-state index is 13.3. The zero-order valence-corrected chi connectivity index (χ0v) is 14.7. The molecule has 0 atom stereocenters. The Labute approximate surface area is 155 Å². The molecule has 3 nitrogen and oxygen atoms in total. The lowest BCUT2D eigenvalue weighted by molar-refractivity contribution is -0.138. The number of hydrogen-bond acceptors (Lipinski definition) is 2. The largest absolute Gasteiger partial charge is 0.416 e. The molecule has 0 spiro atoms. The van der Waals surface area contributed by atoms with Crippen molar-refractivity contribution in [3.05, 3.63) is 65.2 Å². The van der Waals surface area contributed by atoms with Gasteiger partial charge in [0.05, 0.1) is 11.3 Å². The van der Waals surface area contributed by atoms with Gasteiger partial charge in [-0.3, -0.25) is 4.79 Å². The van der Waals surface area contributed by atoms with Crippen molar-refractivity contribution in [2.75, 3.05) is 13.1 Å². The normalized spacial score (nSPS) is 17.6. The summed E-state index contributed by atoms with van der Waals surface area (Å²) in [4.78, 5) is 18.9. The summed E-state index contributed by atoms with van der Waals surface area (Å²) < 4.78 is 39.8. The predicted molar refractivity (Wildman–Crippen MR) is 97.2 cm³/mol. The summed E-state index contributed by atoms with van der Waals surface area (Å²) in [5, 5.41) is 0. The van der Waals surface area contributed by atoms with Gasteiger partial charge in [0, 0.05) is 19.5 Å². The molecule has 1 saturated heterocycles. The van der Waals surface area contributed by atoms with E-state index in [2.05, 4.69) is 4.99 Å². The molecule has 0 aromatic heterocycles. The highest BCUT2D eigenvalue weighted by atomic mass is 19.4. The van der Waals surface area contributed by atoms with Crippen molar-refractivity contribution < 1.29 is 18.0 Å². The van der Waals surface area contributed by atoms with Crippen molar-refractivity contribution in [2.24, 2.45) is 4.99 Å². The van der Waals surface area contributed by atoms with Gasteiger partial charge in [0.2, 0.25) is 0 Å². The van der Waals surface area contributed by atoms with Crippen molar-refractivity contribution in [3.8, 4) is 0 Å². The van der Waals surface area contributed by atoms with Crippen LogP contribution in [-0.4, -0.2) is 29.6 Å². The summed E-state index contributed by atoms with van der Waals surface area (Å²) in [6.45, 7) is 0.899. The zero-order valence-electron chi connectivity index (χ0n) is 14.7. The van der Waals surface area contributed by atoms with Gasteiger partial charge in [-0.1, -0.05) is 36.4 Å². The zero-order chi connectivity index (χ0) is 19.0.